The van der Waals surface area contributed by atoms with Crippen LogP contribution in [0, 0.1) is 0 Å². The van der Waals surface area contributed by atoms with Crippen LogP contribution in [0.4, 0.5) is 0 Å². The minimum atomic E-state index is 0.294. The molecule has 0 amide bonds. The zero-order valence-corrected chi connectivity index (χ0v) is 12.4. The first-order chi connectivity index (χ1) is 8.62. The molecular formula is C15H30N2O. The third-order valence-corrected chi connectivity index (χ3v) is 4.50. The lowest BCUT2D eigenvalue weighted by atomic mass is 9.95. The van der Waals surface area contributed by atoms with Gasteiger partial charge in [-0.05, 0) is 39.5 Å². The zero-order chi connectivity index (χ0) is 13.0. The molecule has 0 aromatic rings. The molecule has 0 aromatic heterocycles. The van der Waals surface area contributed by atoms with Crippen molar-refractivity contribution in [3.8, 4) is 0 Å². The van der Waals surface area contributed by atoms with E-state index in [1.165, 1.54) is 45.2 Å². The van der Waals surface area contributed by atoms with E-state index in [9.17, 15) is 0 Å². The summed E-state index contributed by atoms with van der Waals surface area (Å²) in [5, 5.41) is 3.70. The van der Waals surface area contributed by atoms with Crippen LogP contribution in [-0.4, -0.2) is 48.8 Å². The minimum absolute atomic E-state index is 0.294. The molecule has 2 unspecified atom stereocenters. The van der Waals surface area contributed by atoms with E-state index < -0.39 is 0 Å². The molecule has 0 saturated carbocycles. The standard InChI is InChI=1S/C15H30N2O/c1-4-6-13-11-17(15(2,3)12-16-13)9-8-14-7-5-10-18-14/h13-14,16H,4-12H2,1-3H3. The number of rotatable bonds is 5. The van der Waals surface area contributed by atoms with Crippen LogP contribution in [0.3, 0.4) is 0 Å². The molecule has 2 atom stereocenters. The molecule has 0 bridgehead atoms. The molecule has 2 fully saturated rings. The van der Waals surface area contributed by atoms with Gasteiger partial charge in [0.1, 0.15) is 0 Å². The Kier molecular flexibility index (Phi) is 5.05. The molecule has 0 radical (unpaired) electrons. The average Bonchev–Trinajstić information content (AvgIpc) is 2.83. The van der Waals surface area contributed by atoms with E-state index in [0.29, 0.717) is 17.7 Å². The molecule has 0 aromatic carbocycles. The van der Waals surface area contributed by atoms with Gasteiger partial charge in [0.25, 0.3) is 0 Å². The second-order valence-electron chi connectivity index (χ2n) is 6.55. The monoisotopic (exact) mass is 254 g/mol. The van der Waals surface area contributed by atoms with Gasteiger partial charge in [-0.2, -0.15) is 0 Å². The van der Waals surface area contributed by atoms with Gasteiger partial charge in [-0.1, -0.05) is 13.3 Å². The molecule has 3 nitrogen and oxygen atoms in total. The van der Waals surface area contributed by atoms with Crippen molar-refractivity contribution in [1.82, 2.24) is 10.2 Å². The Balaban J connectivity index is 1.81. The van der Waals surface area contributed by atoms with E-state index in [1.807, 2.05) is 0 Å². The van der Waals surface area contributed by atoms with Gasteiger partial charge in [-0.25, -0.2) is 0 Å². The van der Waals surface area contributed by atoms with Crippen LogP contribution in [0.25, 0.3) is 0 Å². The van der Waals surface area contributed by atoms with Crippen LogP contribution in [-0.2, 0) is 4.74 Å². The van der Waals surface area contributed by atoms with Crippen LogP contribution >= 0.6 is 0 Å². The van der Waals surface area contributed by atoms with Gasteiger partial charge in [0.15, 0.2) is 0 Å². The van der Waals surface area contributed by atoms with E-state index in [0.717, 1.165) is 13.2 Å². The van der Waals surface area contributed by atoms with Gasteiger partial charge in [0, 0.05) is 37.8 Å². The highest BCUT2D eigenvalue weighted by Crippen LogP contribution is 2.23. The van der Waals surface area contributed by atoms with E-state index in [2.05, 4.69) is 31.0 Å². The zero-order valence-electron chi connectivity index (χ0n) is 12.4. The molecule has 2 heterocycles. The summed E-state index contributed by atoms with van der Waals surface area (Å²) in [6.07, 6.45) is 6.84. The van der Waals surface area contributed by atoms with Gasteiger partial charge in [-0.15, -0.1) is 0 Å². The Hall–Kier alpha value is -0.120. The fourth-order valence-electron chi connectivity index (χ4n) is 3.19. The Bertz CT molecular complexity index is 249. The highest BCUT2D eigenvalue weighted by molar-refractivity contribution is 4.93. The highest BCUT2D eigenvalue weighted by Gasteiger charge is 2.33. The average molecular weight is 254 g/mol. The highest BCUT2D eigenvalue weighted by atomic mass is 16.5. The molecule has 2 rings (SSSR count). The maximum absolute atomic E-state index is 5.74. The van der Waals surface area contributed by atoms with Crippen molar-refractivity contribution < 1.29 is 4.74 Å². The van der Waals surface area contributed by atoms with Gasteiger partial charge in [0.05, 0.1) is 6.10 Å². The molecule has 0 aliphatic carbocycles. The summed E-state index contributed by atoms with van der Waals surface area (Å²) < 4.78 is 5.74. The molecular weight excluding hydrogens is 224 g/mol. The molecule has 2 saturated heterocycles. The molecule has 1 N–H and O–H groups in total. The number of piperazine rings is 1. The van der Waals surface area contributed by atoms with Gasteiger partial charge in [-0.3, -0.25) is 4.90 Å². The van der Waals surface area contributed by atoms with Crippen LogP contribution in [0.1, 0.15) is 52.9 Å². The van der Waals surface area contributed by atoms with Crippen molar-refractivity contribution in [2.75, 3.05) is 26.2 Å². The van der Waals surface area contributed by atoms with Gasteiger partial charge < -0.3 is 10.1 Å². The number of nitrogens with one attached hydrogen (secondary N) is 1. The number of hydrogen-bond donors (Lipinski definition) is 1. The van der Waals surface area contributed by atoms with Crippen molar-refractivity contribution in [3.63, 3.8) is 0 Å². The topological polar surface area (TPSA) is 24.5 Å². The first-order valence-corrected chi connectivity index (χ1v) is 7.72. The third-order valence-electron chi connectivity index (χ3n) is 4.50. The molecule has 18 heavy (non-hydrogen) atoms. The van der Waals surface area contributed by atoms with Crippen molar-refractivity contribution in [2.24, 2.45) is 0 Å². The Labute approximate surface area is 112 Å². The number of hydrogen-bond acceptors (Lipinski definition) is 3. The Morgan fingerprint density at radius 2 is 2.17 bits per heavy atom. The van der Waals surface area contributed by atoms with Crippen molar-refractivity contribution in [3.05, 3.63) is 0 Å². The summed E-state index contributed by atoms with van der Waals surface area (Å²) in [6, 6.07) is 0.688. The summed E-state index contributed by atoms with van der Waals surface area (Å²) in [7, 11) is 0. The van der Waals surface area contributed by atoms with Crippen molar-refractivity contribution in [2.45, 2.75) is 70.6 Å². The summed E-state index contributed by atoms with van der Waals surface area (Å²) in [5.41, 5.74) is 0.294. The lowest BCUT2D eigenvalue weighted by molar-refractivity contribution is 0.0376. The normalized spacial score (nSPS) is 32.8. The Morgan fingerprint density at radius 1 is 1.33 bits per heavy atom. The largest absolute Gasteiger partial charge is 0.378 e. The smallest absolute Gasteiger partial charge is 0.0588 e. The van der Waals surface area contributed by atoms with Crippen LogP contribution in [0.15, 0.2) is 0 Å². The fourth-order valence-corrected chi connectivity index (χ4v) is 3.19. The second kappa shape index (κ2) is 6.36. The number of nitrogens with zero attached hydrogens (tertiary/aromatic N) is 1. The molecule has 0 spiro atoms. The maximum Gasteiger partial charge on any atom is 0.0588 e. The molecule has 2 aliphatic heterocycles. The fraction of sp³-hybridized carbons (Fsp3) is 1.00. The summed E-state index contributed by atoms with van der Waals surface area (Å²) in [5.74, 6) is 0. The van der Waals surface area contributed by atoms with E-state index >= 15 is 0 Å². The van der Waals surface area contributed by atoms with Crippen LogP contribution in [0.5, 0.6) is 0 Å². The van der Waals surface area contributed by atoms with Gasteiger partial charge >= 0.3 is 0 Å². The summed E-state index contributed by atoms with van der Waals surface area (Å²) in [6.45, 7) is 11.5. The predicted octanol–water partition coefficient (Wildman–Crippen LogP) is 2.41. The van der Waals surface area contributed by atoms with Crippen molar-refractivity contribution in [1.29, 1.82) is 0 Å². The quantitative estimate of drug-likeness (QED) is 0.815. The predicted molar refractivity (Wildman–Crippen MR) is 75.9 cm³/mol. The number of ether oxygens (including phenoxy) is 1. The van der Waals surface area contributed by atoms with Crippen LogP contribution in [0.2, 0.25) is 0 Å². The van der Waals surface area contributed by atoms with Gasteiger partial charge in [0.2, 0.25) is 0 Å². The summed E-state index contributed by atoms with van der Waals surface area (Å²) in [4.78, 5) is 2.67. The minimum Gasteiger partial charge on any atom is -0.378 e. The first kappa shape index (κ1) is 14.3. The Morgan fingerprint density at radius 3 is 2.83 bits per heavy atom. The lowest BCUT2D eigenvalue weighted by Crippen LogP contribution is -2.62. The molecule has 2 aliphatic rings. The SMILES string of the molecule is CCCC1CN(CCC2CCCO2)C(C)(C)CN1. The van der Waals surface area contributed by atoms with E-state index in [4.69, 9.17) is 4.74 Å². The maximum atomic E-state index is 5.74. The first-order valence-electron chi connectivity index (χ1n) is 7.72. The van der Waals surface area contributed by atoms with E-state index in [-0.39, 0.29) is 0 Å². The summed E-state index contributed by atoms with van der Waals surface area (Å²) >= 11 is 0. The molecule has 106 valence electrons. The molecule has 3 heteroatoms. The lowest BCUT2D eigenvalue weighted by Gasteiger charge is -2.46. The van der Waals surface area contributed by atoms with Crippen molar-refractivity contribution >= 4 is 0 Å². The third kappa shape index (κ3) is 3.69. The van der Waals surface area contributed by atoms with E-state index in [1.54, 1.807) is 0 Å². The van der Waals surface area contributed by atoms with Crippen LogP contribution < -0.4 is 5.32 Å². The second-order valence-corrected chi connectivity index (χ2v) is 6.55.